The fraction of sp³-hybridized carbons (Fsp3) is 0.200. The molecule has 5 heteroatoms. The summed E-state index contributed by atoms with van der Waals surface area (Å²) < 4.78 is 8.38. The molecule has 0 aliphatic rings. The Balaban J connectivity index is 2.93. The van der Waals surface area contributed by atoms with Gasteiger partial charge in [-0.15, -0.1) is 0 Å². The average Bonchev–Trinajstić information content (AvgIpc) is 2.34. The number of hydrogen-bond donors (Lipinski definition) is 1. The number of carbonyl (C=O) groups is 1. The summed E-state index contributed by atoms with van der Waals surface area (Å²) in [4.78, 5) is 10.6. The third-order valence-electron chi connectivity index (χ3n) is 0.893. The summed E-state index contributed by atoms with van der Waals surface area (Å²) in [6, 6.07) is 0. The van der Waals surface area contributed by atoms with Crippen molar-refractivity contribution in [2.24, 2.45) is 0 Å². The van der Waals surface area contributed by atoms with E-state index in [2.05, 4.69) is 20.6 Å². The minimum Gasteiger partial charge on any atom is -0.479 e. The largest absolute Gasteiger partial charge is 0.479 e. The van der Waals surface area contributed by atoms with Gasteiger partial charge in [0.25, 0.3) is 0 Å². The van der Waals surface area contributed by atoms with Gasteiger partial charge in [0.15, 0.2) is 11.8 Å². The molecule has 1 aromatic rings. The van der Waals surface area contributed by atoms with E-state index in [9.17, 15) is 4.79 Å². The van der Waals surface area contributed by atoms with Crippen LogP contribution in [0.2, 0.25) is 0 Å². The van der Waals surface area contributed by atoms with E-state index in [1.54, 1.807) is 0 Å². The van der Waals surface area contributed by atoms with Gasteiger partial charge in [0.1, 0.15) is 0 Å². The van der Waals surface area contributed by atoms with Crippen LogP contribution in [0, 0.1) is 6.20 Å². The molecule has 1 aromatic heterocycles. The molecule has 0 bridgehead atoms. The van der Waals surface area contributed by atoms with Crippen LogP contribution in [0.1, 0.15) is 10.4 Å². The first kappa shape index (κ1) is 6.60. The Morgan fingerprint density at radius 2 is 2.60 bits per heavy atom. The molecule has 0 amide bonds. The molecule has 0 saturated carbocycles. The molecule has 1 rings (SSSR count). The average molecular weight is 142 g/mol. The predicted octanol–water partition coefficient (Wildman–Crippen LogP) is -0.0330. The lowest BCUT2D eigenvalue weighted by atomic mass is 10.4. The van der Waals surface area contributed by atoms with Gasteiger partial charge in [-0.3, -0.25) is 0 Å². The number of methoxy groups -OCH3 is 1. The second-order valence-electron chi connectivity index (χ2n) is 1.47. The van der Waals surface area contributed by atoms with Crippen LogP contribution < -0.4 is 0 Å². The maximum absolute atomic E-state index is 10.6. The molecule has 1 radical (unpaired) electrons. The summed E-state index contributed by atoms with van der Waals surface area (Å²) in [6.45, 7) is 0. The molecule has 1 N–H and O–H groups in total. The smallest absolute Gasteiger partial charge is 0.347 e. The van der Waals surface area contributed by atoms with E-state index in [0.29, 0.717) is 0 Å². The van der Waals surface area contributed by atoms with E-state index < -0.39 is 11.9 Å². The second-order valence-corrected chi connectivity index (χ2v) is 1.47. The zero-order chi connectivity index (χ0) is 7.56. The van der Waals surface area contributed by atoms with Crippen LogP contribution in [0.15, 0.2) is 4.52 Å². The first-order valence-corrected chi connectivity index (χ1v) is 2.40. The molecule has 5 nitrogen and oxygen atoms in total. The van der Waals surface area contributed by atoms with Crippen LogP contribution >= 0.6 is 0 Å². The van der Waals surface area contributed by atoms with E-state index in [4.69, 9.17) is 5.11 Å². The Labute approximate surface area is 56.2 Å². The molecule has 0 aliphatic carbocycles. The summed E-state index contributed by atoms with van der Waals surface area (Å²) in [5, 5.41) is 11.7. The van der Waals surface area contributed by atoms with Crippen LogP contribution in [-0.4, -0.2) is 23.3 Å². The van der Waals surface area contributed by atoms with Crippen molar-refractivity contribution in [3.63, 3.8) is 0 Å². The molecule has 0 fully saturated rings. The molecule has 0 atom stereocenters. The molecule has 0 aromatic carbocycles. The minimum absolute atomic E-state index is 0.192. The van der Waals surface area contributed by atoms with Crippen LogP contribution in [-0.2, 0) is 4.74 Å². The van der Waals surface area contributed by atoms with Crippen molar-refractivity contribution in [2.75, 3.05) is 7.11 Å². The number of aromatic hydroxyl groups is 1. The number of carbonyl (C=O) groups excluding carboxylic acids is 1. The van der Waals surface area contributed by atoms with Crippen LogP contribution in [0.5, 0.6) is 5.95 Å². The van der Waals surface area contributed by atoms with Crippen molar-refractivity contribution >= 4 is 5.97 Å². The van der Waals surface area contributed by atoms with E-state index in [0.717, 1.165) is 0 Å². The number of ether oxygens (including phenoxy) is 1. The van der Waals surface area contributed by atoms with E-state index in [1.807, 2.05) is 0 Å². The van der Waals surface area contributed by atoms with Crippen LogP contribution in [0.3, 0.4) is 0 Å². The SMILES string of the molecule is COC(=O)c1[c]noc1O. The number of nitrogens with zero attached hydrogens (tertiary/aromatic N) is 1. The number of rotatable bonds is 1. The topological polar surface area (TPSA) is 72.6 Å². The summed E-state index contributed by atoms with van der Waals surface area (Å²) in [6.07, 6.45) is 2.11. The lowest BCUT2D eigenvalue weighted by Gasteiger charge is -1.90. The molecular formula is C5H4NO4. The molecule has 0 aliphatic heterocycles. The van der Waals surface area contributed by atoms with Crippen molar-refractivity contribution in [2.45, 2.75) is 0 Å². The van der Waals surface area contributed by atoms with E-state index in [-0.39, 0.29) is 5.56 Å². The Hall–Kier alpha value is -1.52. The molecule has 10 heavy (non-hydrogen) atoms. The third-order valence-corrected chi connectivity index (χ3v) is 0.893. The highest BCUT2D eigenvalue weighted by atomic mass is 16.6. The fourth-order valence-corrected chi connectivity index (χ4v) is 0.440. The van der Waals surface area contributed by atoms with Gasteiger partial charge < -0.3 is 14.4 Å². The highest BCUT2D eigenvalue weighted by Gasteiger charge is 2.15. The van der Waals surface area contributed by atoms with E-state index in [1.165, 1.54) is 7.11 Å². The summed E-state index contributed by atoms with van der Waals surface area (Å²) >= 11 is 0. The molecule has 0 saturated heterocycles. The highest BCUT2D eigenvalue weighted by molar-refractivity contribution is 5.90. The zero-order valence-electron chi connectivity index (χ0n) is 5.12. The molecule has 1 heterocycles. The Kier molecular flexibility index (Phi) is 1.57. The van der Waals surface area contributed by atoms with Gasteiger partial charge in [0, 0.05) is 0 Å². The first-order valence-electron chi connectivity index (χ1n) is 2.40. The maximum Gasteiger partial charge on any atom is 0.347 e. The molecular weight excluding hydrogens is 138 g/mol. The highest BCUT2D eigenvalue weighted by Crippen LogP contribution is 2.14. The van der Waals surface area contributed by atoms with Crippen molar-refractivity contribution in [1.29, 1.82) is 0 Å². The second kappa shape index (κ2) is 2.38. The third kappa shape index (κ3) is 0.928. The van der Waals surface area contributed by atoms with Crippen molar-refractivity contribution < 1.29 is 19.2 Å². The summed E-state index contributed by atoms with van der Waals surface area (Å²) in [5.41, 5.74) is -0.192. The standard InChI is InChI=1S/C5H4NO4/c1-9-4(7)3-2-6-10-5(3)8/h8H,1H3. The van der Waals surface area contributed by atoms with Gasteiger partial charge in [0.2, 0.25) is 0 Å². The fourth-order valence-electron chi connectivity index (χ4n) is 0.440. The first-order chi connectivity index (χ1) is 4.75. The zero-order valence-corrected chi connectivity index (χ0v) is 5.12. The Bertz CT molecular complexity index is 242. The lowest BCUT2D eigenvalue weighted by Crippen LogP contribution is -1.99. The summed E-state index contributed by atoms with van der Waals surface area (Å²) in [7, 11) is 1.18. The van der Waals surface area contributed by atoms with Gasteiger partial charge >= 0.3 is 11.9 Å². The number of esters is 1. The van der Waals surface area contributed by atoms with Crippen molar-refractivity contribution in [3.8, 4) is 5.95 Å². The van der Waals surface area contributed by atoms with Crippen molar-refractivity contribution in [1.82, 2.24) is 5.16 Å². The van der Waals surface area contributed by atoms with Crippen LogP contribution in [0.25, 0.3) is 0 Å². The molecule has 53 valence electrons. The molecule has 0 unspecified atom stereocenters. The van der Waals surface area contributed by atoms with E-state index >= 15 is 0 Å². The monoisotopic (exact) mass is 142 g/mol. The normalized spacial score (nSPS) is 9.30. The van der Waals surface area contributed by atoms with Gasteiger partial charge in [-0.1, -0.05) is 5.16 Å². The maximum atomic E-state index is 10.6. The number of aromatic nitrogens is 1. The summed E-state index contributed by atoms with van der Waals surface area (Å²) in [5.74, 6) is -1.30. The minimum atomic E-state index is -0.723. The van der Waals surface area contributed by atoms with Gasteiger partial charge in [-0.2, -0.15) is 0 Å². The Morgan fingerprint density at radius 1 is 1.90 bits per heavy atom. The van der Waals surface area contributed by atoms with Gasteiger partial charge in [-0.25, -0.2) is 4.79 Å². The van der Waals surface area contributed by atoms with Crippen LogP contribution in [0.4, 0.5) is 0 Å². The Morgan fingerprint density at radius 3 is 3.00 bits per heavy atom. The number of hydrogen-bond acceptors (Lipinski definition) is 5. The quantitative estimate of drug-likeness (QED) is 0.557. The van der Waals surface area contributed by atoms with Gasteiger partial charge in [0.05, 0.1) is 7.11 Å². The van der Waals surface area contributed by atoms with Gasteiger partial charge in [-0.05, 0) is 0 Å². The lowest BCUT2D eigenvalue weighted by molar-refractivity contribution is 0.0594. The van der Waals surface area contributed by atoms with Crippen molar-refractivity contribution in [3.05, 3.63) is 11.8 Å². The predicted molar refractivity (Wildman–Crippen MR) is 28.3 cm³/mol. The molecule has 0 spiro atoms.